The highest BCUT2D eigenvalue weighted by molar-refractivity contribution is 7.88. The summed E-state index contributed by atoms with van der Waals surface area (Å²) in [4.78, 5) is 7.36. The molecule has 1 aromatic rings. The Balaban J connectivity index is 1.56. The van der Waals surface area contributed by atoms with Gasteiger partial charge >= 0.3 is 0 Å². The third kappa shape index (κ3) is 5.48. The van der Waals surface area contributed by atoms with Gasteiger partial charge in [-0.1, -0.05) is 0 Å². The maximum absolute atomic E-state index is 12.3. The number of likely N-dealkylation sites (tertiary alicyclic amines) is 1. The van der Waals surface area contributed by atoms with Crippen molar-refractivity contribution in [1.29, 1.82) is 0 Å². The van der Waals surface area contributed by atoms with Gasteiger partial charge in [-0.15, -0.1) is 11.3 Å². The minimum Gasteiger partial charge on any atom is -0.379 e. The number of ether oxygens (including phenoxy) is 1. The van der Waals surface area contributed by atoms with Crippen LogP contribution >= 0.6 is 11.3 Å². The maximum Gasteiger partial charge on any atom is 0.211 e. The highest BCUT2D eigenvalue weighted by atomic mass is 32.2. The minimum atomic E-state index is -3.19. The monoisotopic (exact) mass is 387 g/mol. The number of rotatable bonds is 7. The van der Waals surface area contributed by atoms with Crippen LogP contribution < -0.4 is 0 Å². The summed E-state index contributed by atoms with van der Waals surface area (Å²) >= 11 is 1.83. The van der Waals surface area contributed by atoms with Crippen molar-refractivity contribution in [3.8, 4) is 0 Å². The first kappa shape index (κ1) is 19.3. The molecule has 0 aliphatic carbocycles. The lowest BCUT2D eigenvalue weighted by Gasteiger charge is -2.31. The summed E-state index contributed by atoms with van der Waals surface area (Å²) in [5, 5.41) is 0. The van der Waals surface area contributed by atoms with Gasteiger partial charge in [0, 0.05) is 61.6 Å². The summed E-state index contributed by atoms with van der Waals surface area (Å²) in [6, 6.07) is 4.43. The Morgan fingerprint density at radius 2 is 2.00 bits per heavy atom. The molecule has 2 saturated heterocycles. The van der Waals surface area contributed by atoms with E-state index in [9.17, 15) is 8.42 Å². The van der Waals surface area contributed by atoms with E-state index in [-0.39, 0.29) is 6.04 Å². The average Bonchev–Trinajstić information content (AvgIpc) is 3.17. The molecule has 2 fully saturated rings. The van der Waals surface area contributed by atoms with Crippen LogP contribution in [0.1, 0.15) is 16.2 Å². The summed E-state index contributed by atoms with van der Waals surface area (Å²) in [6.45, 7) is 9.49. The van der Waals surface area contributed by atoms with Gasteiger partial charge in [0.1, 0.15) is 0 Å². The molecule has 1 atom stereocenters. The summed E-state index contributed by atoms with van der Waals surface area (Å²) < 4.78 is 31.7. The zero-order valence-electron chi connectivity index (χ0n) is 15.2. The number of nitrogens with zero attached hydrogens (tertiary/aromatic N) is 3. The molecular weight excluding hydrogens is 358 g/mol. The van der Waals surface area contributed by atoms with Crippen molar-refractivity contribution in [3.63, 3.8) is 0 Å². The van der Waals surface area contributed by atoms with Gasteiger partial charge in [0.15, 0.2) is 0 Å². The summed E-state index contributed by atoms with van der Waals surface area (Å²) in [7, 11) is -3.19. The zero-order chi connectivity index (χ0) is 17.9. The van der Waals surface area contributed by atoms with E-state index in [0.717, 1.165) is 58.9 Å². The quantitative estimate of drug-likeness (QED) is 0.704. The van der Waals surface area contributed by atoms with Gasteiger partial charge in [-0.05, 0) is 25.5 Å². The molecule has 1 aromatic heterocycles. The van der Waals surface area contributed by atoms with E-state index in [1.165, 1.54) is 16.0 Å². The second-order valence-corrected chi connectivity index (χ2v) is 10.3. The molecule has 2 aliphatic heterocycles. The van der Waals surface area contributed by atoms with Crippen LogP contribution in [0.4, 0.5) is 0 Å². The molecule has 3 heterocycles. The van der Waals surface area contributed by atoms with Crippen molar-refractivity contribution in [2.24, 2.45) is 0 Å². The number of hydrogen-bond acceptors (Lipinski definition) is 6. The molecule has 142 valence electrons. The van der Waals surface area contributed by atoms with Crippen molar-refractivity contribution in [3.05, 3.63) is 21.9 Å². The maximum atomic E-state index is 12.3. The Hall–Kier alpha value is -0.510. The van der Waals surface area contributed by atoms with Crippen LogP contribution in [-0.2, 0) is 21.3 Å². The predicted octanol–water partition coefficient (Wildman–Crippen LogP) is 1.22. The van der Waals surface area contributed by atoms with Gasteiger partial charge in [0.05, 0.1) is 19.5 Å². The van der Waals surface area contributed by atoms with Gasteiger partial charge in [-0.2, -0.15) is 4.31 Å². The molecule has 25 heavy (non-hydrogen) atoms. The number of morpholine rings is 1. The normalized spacial score (nSPS) is 23.6. The minimum absolute atomic E-state index is 0.0945. The van der Waals surface area contributed by atoms with E-state index < -0.39 is 10.0 Å². The molecule has 0 spiro atoms. The van der Waals surface area contributed by atoms with Crippen LogP contribution in [0.2, 0.25) is 0 Å². The largest absolute Gasteiger partial charge is 0.379 e. The Kier molecular flexibility index (Phi) is 6.51. The summed E-state index contributed by atoms with van der Waals surface area (Å²) in [5.74, 6) is 0. The van der Waals surface area contributed by atoms with Crippen molar-refractivity contribution >= 4 is 21.4 Å². The molecule has 0 saturated carbocycles. The predicted molar refractivity (Wildman–Crippen MR) is 102 cm³/mol. The van der Waals surface area contributed by atoms with Crippen molar-refractivity contribution in [1.82, 2.24) is 14.1 Å². The lowest BCUT2D eigenvalue weighted by molar-refractivity contribution is 0.0354. The topological polar surface area (TPSA) is 53.1 Å². The first-order valence-electron chi connectivity index (χ1n) is 8.96. The first-order valence-corrected chi connectivity index (χ1v) is 11.6. The molecule has 0 radical (unpaired) electrons. The Bertz CT molecular complexity index is 656. The van der Waals surface area contributed by atoms with Crippen molar-refractivity contribution in [2.75, 3.05) is 58.7 Å². The molecule has 2 aliphatic rings. The fourth-order valence-electron chi connectivity index (χ4n) is 3.67. The number of aryl methyl sites for hydroxylation is 1. The lowest BCUT2D eigenvalue weighted by atomic mass is 10.2. The molecular formula is C17H29N3O3S2. The average molecular weight is 388 g/mol. The third-order valence-corrected chi connectivity index (χ3v) is 7.31. The third-order valence-electron chi connectivity index (χ3n) is 5.00. The van der Waals surface area contributed by atoms with Gasteiger partial charge < -0.3 is 4.74 Å². The second-order valence-electron chi connectivity index (χ2n) is 7.02. The lowest BCUT2D eigenvalue weighted by Crippen LogP contribution is -2.47. The van der Waals surface area contributed by atoms with Crippen LogP contribution in [0.25, 0.3) is 0 Å². The van der Waals surface area contributed by atoms with Gasteiger partial charge in [0.2, 0.25) is 10.0 Å². The van der Waals surface area contributed by atoms with Gasteiger partial charge in [0.25, 0.3) is 0 Å². The Labute approximate surface area is 155 Å². The van der Waals surface area contributed by atoms with Crippen LogP contribution in [0, 0.1) is 6.92 Å². The van der Waals surface area contributed by atoms with Crippen LogP contribution in [0.15, 0.2) is 12.1 Å². The van der Waals surface area contributed by atoms with Gasteiger partial charge in [-0.3, -0.25) is 9.80 Å². The fourth-order valence-corrected chi connectivity index (χ4v) is 5.73. The molecule has 0 N–H and O–H groups in total. The molecule has 0 bridgehead atoms. The summed E-state index contributed by atoms with van der Waals surface area (Å²) in [6.07, 6.45) is 2.26. The van der Waals surface area contributed by atoms with E-state index in [1.54, 1.807) is 4.31 Å². The van der Waals surface area contributed by atoms with Crippen molar-refractivity contribution < 1.29 is 13.2 Å². The molecule has 6 nitrogen and oxygen atoms in total. The standard InChI is InChI=1S/C17H29N3O3S2/c1-15-3-4-17(24-15)14-19-6-5-16(13-19)20(25(2,21)22)8-7-18-9-11-23-12-10-18/h3-4,16H,5-14H2,1-2H3. The van der Waals surface area contributed by atoms with Crippen molar-refractivity contribution in [2.45, 2.75) is 25.9 Å². The first-order chi connectivity index (χ1) is 11.9. The number of sulfonamides is 1. The summed E-state index contributed by atoms with van der Waals surface area (Å²) in [5.41, 5.74) is 0. The smallest absolute Gasteiger partial charge is 0.211 e. The van der Waals surface area contributed by atoms with E-state index in [1.807, 2.05) is 11.3 Å². The van der Waals surface area contributed by atoms with E-state index in [0.29, 0.717) is 6.54 Å². The molecule has 1 unspecified atom stereocenters. The highest BCUT2D eigenvalue weighted by Crippen LogP contribution is 2.23. The Morgan fingerprint density at radius 3 is 2.64 bits per heavy atom. The van der Waals surface area contributed by atoms with Crippen LogP contribution in [0.3, 0.4) is 0 Å². The number of hydrogen-bond donors (Lipinski definition) is 0. The van der Waals surface area contributed by atoms with E-state index in [4.69, 9.17) is 4.74 Å². The molecule has 0 amide bonds. The van der Waals surface area contributed by atoms with E-state index >= 15 is 0 Å². The highest BCUT2D eigenvalue weighted by Gasteiger charge is 2.33. The second kappa shape index (κ2) is 8.45. The fraction of sp³-hybridized carbons (Fsp3) is 0.765. The molecule has 0 aromatic carbocycles. The zero-order valence-corrected chi connectivity index (χ0v) is 16.8. The SMILES string of the molecule is Cc1ccc(CN2CCC(N(CCN3CCOCC3)S(C)(=O)=O)C2)s1. The van der Waals surface area contributed by atoms with Crippen LogP contribution in [0.5, 0.6) is 0 Å². The van der Waals surface area contributed by atoms with E-state index in [2.05, 4.69) is 28.9 Å². The number of thiophene rings is 1. The molecule has 3 rings (SSSR count). The Morgan fingerprint density at radius 1 is 1.24 bits per heavy atom. The van der Waals surface area contributed by atoms with Gasteiger partial charge in [-0.25, -0.2) is 8.42 Å². The van der Waals surface area contributed by atoms with Crippen LogP contribution in [-0.4, -0.2) is 87.3 Å². The molecule has 8 heteroatoms.